The number of fused-ring (bicyclic) bond motifs is 1. The van der Waals surface area contributed by atoms with Crippen molar-refractivity contribution in [2.75, 3.05) is 57.3 Å². The van der Waals surface area contributed by atoms with Gasteiger partial charge in [-0.05, 0) is 88.6 Å². The van der Waals surface area contributed by atoms with Gasteiger partial charge in [0.15, 0.2) is 6.10 Å². The van der Waals surface area contributed by atoms with E-state index in [-0.39, 0.29) is 29.5 Å². The van der Waals surface area contributed by atoms with E-state index in [2.05, 4.69) is 9.88 Å². The number of hydrogen-bond donors (Lipinski definition) is 1. The van der Waals surface area contributed by atoms with Gasteiger partial charge in [-0.25, -0.2) is 9.78 Å². The third kappa shape index (κ3) is 7.89. The Labute approximate surface area is 281 Å². The average Bonchev–Trinajstić information content (AvgIpc) is 3.59. The number of aryl methyl sites for hydroxylation is 3. The number of carboxylic acid groups (broad SMARTS) is 1. The number of halogens is 1. The Balaban J connectivity index is 1.16. The minimum Gasteiger partial charge on any atom is -0.479 e. The van der Waals surface area contributed by atoms with E-state index in [1.807, 2.05) is 46.7 Å². The van der Waals surface area contributed by atoms with Gasteiger partial charge >= 0.3 is 5.97 Å². The number of ether oxygens (including phenoxy) is 1. The van der Waals surface area contributed by atoms with Crippen LogP contribution >= 0.6 is 11.6 Å². The van der Waals surface area contributed by atoms with Gasteiger partial charge in [0.2, 0.25) is 17.7 Å². The average molecular weight is 668 g/mol. The fourth-order valence-electron chi connectivity index (χ4n) is 7.24. The Morgan fingerprint density at radius 1 is 1.00 bits per heavy atom. The molecular weight excluding hydrogens is 622 g/mol. The quantitative estimate of drug-likeness (QED) is 0.400. The number of nitrogens with zero attached hydrogens (tertiary/aromatic N) is 5. The van der Waals surface area contributed by atoms with Gasteiger partial charge in [0.25, 0.3) is 5.91 Å². The van der Waals surface area contributed by atoms with Crippen molar-refractivity contribution in [3.8, 4) is 5.88 Å². The van der Waals surface area contributed by atoms with Gasteiger partial charge < -0.3 is 29.4 Å². The van der Waals surface area contributed by atoms with Crippen LogP contribution in [0.5, 0.6) is 5.88 Å². The second kappa shape index (κ2) is 14.6. The van der Waals surface area contributed by atoms with Crippen LogP contribution in [-0.4, -0.2) is 107 Å². The molecule has 1 aromatic carbocycles. The molecule has 4 heterocycles. The first-order valence-electron chi connectivity index (χ1n) is 16.5. The lowest BCUT2D eigenvalue weighted by molar-refractivity contribution is -0.144. The Kier molecular flexibility index (Phi) is 10.8. The van der Waals surface area contributed by atoms with Crippen molar-refractivity contribution in [3.63, 3.8) is 0 Å². The van der Waals surface area contributed by atoms with Crippen LogP contribution in [0.4, 0.5) is 5.69 Å². The number of carboxylic acids is 1. The lowest BCUT2D eigenvalue weighted by atomic mass is 9.94. The lowest BCUT2D eigenvalue weighted by Gasteiger charge is -2.34. The van der Waals surface area contributed by atoms with E-state index in [0.717, 1.165) is 37.3 Å². The van der Waals surface area contributed by atoms with Crippen molar-refractivity contribution >= 4 is 41.0 Å². The summed E-state index contributed by atoms with van der Waals surface area (Å²) < 4.78 is 5.43. The number of rotatable bonds is 10. The van der Waals surface area contributed by atoms with Crippen molar-refractivity contribution in [3.05, 3.63) is 51.7 Å². The molecule has 3 amide bonds. The number of carbonyl (C=O) groups excluding carboxylic acids is 3. The van der Waals surface area contributed by atoms with Gasteiger partial charge in [0.1, 0.15) is 0 Å². The topological polar surface area (TPSA) is 124 Å². The van der Waals surface area contributed by atoms with Gasteiger partial charge in [-0.2, -0.15) is 0 Å². The Hall–Kier alpha value is -3.70. The fourth-order valence-corrected chi connectivity index (χ4v) is 7.41. The second-order valence-electron chi connectivity index (χ2n) is 13.4. The molecule has 254 valence electrons. The molecule has 1 aromatic heterocycles. The monoisotopic (exact) mass is 667 g/mol. The largest absolute Gasteiger partial charge is 0.479 e. The summed E-state index contributed by atoms with van der Waals surface area (Å²) in [4.78, 5) is 62.8. The Bertz CT molecular complexity index is 1490. The van der Waals surface area contributed by atoms with E-state index in [0.29, 0.717) is 79.2 Å². The summed E-state index contributed by atoms with van der Waals surface area (Å²) in [5.41, 5.74) is 3.56. The van der Waals surface area contributed by atoms with Gasteiger partial charge in [-0.3, -0.25) is 14.4 Å². The summed E-state index contributed by atoms with van der Waals surface area (Å²) in [6, 6.07) is 7.42. The number of aliphatic carboxylic acids is 1. The number of anilines is 1. The number of amides is 3. The van der Waals surface area contributed by atoms with Crippen molar-refractivity contribution in [1.82, 2.24) is 19.7 Å². The molecule has 3 unspecified atom stereocenters. The van der Waals surface area contributed by atoms with Crippen LogP contribution < -0.4 is 9.64 Å². The zero-order valence-corrected chi connectivity index (χ0v) is 28.8. The number of pyridine rings is 1. The summed E-state index contributed by atoms with van der Waals surface area (Å²) in [5, 5.41) is 9.78. The molecule has 3 aliphatic rings. The maximum absolute atomic E-state index is 13.8. The molecule has 2 aromatic rings. The van der Waals surface area contributed by atoms with Crippen molar-refractivity contribution in [2.45, 2.75) is 60.0 Å². The highest BCUT2D eigenvalue weighted by atomic mass is 35.5. The lowest BCUT2D eigenvalue weighted by Crippen LogP contribution is -2.44. The molecule has 3 aliphatic heterocycles. The SMILES string of the molecule is CC(=O)N1CCC(C(=O)N(CCCN2CC3CN(C(=O)c4c(C)cc(OC(C)C(=O)O)nc4C)CC3C2)c2ccc(C)c(Cl)c2)CC1. The van der Waals surface area contributed by atoms with E-state index in [9.17, 15) is 19.2 Å². The van der Waals surface area contributed by atoms with Crippen LogP contribution in [0, 0.1) is 38.5 Å². The Morgan fingerprint density at radius 2 is 1.66 bits per heavy atom. The molecule has 0 spiro atoms. The van der Waals surface area contributed by atoms with E-state index < -0.39 is 12.1 Å². The molecule has 3 saturated heterocycles. The minimum absolute atomic E-state index is 0.0497. The maximum Gasteiger partial charge on any atom is 0.344 e. The number of aromatic nitrogens is 1. The first-order valence-corrected chi connectivity index (χ1v) is 16.9. The van der Waals surface area contributed by atoms with Gasteiger partial charge in [0, 0.05) is 75.4 Å². The second-order valence-corrected chi connectivity index (χ2v) is 13.8. The number of likely N-dealkylation sites (tertiary alicyclic amines) is 3. The first kappa shape index (κ1) is 34.6. The molecule has 0 bridgehead atoms. The third-order valence-corrected chi connectivity index (χ3v) is 10.4. The summed E-state index contributed by atoms with van der Waals surface area (Å²) in [6.07, 6.45) is 1.10. The van der Waals surface area contributed by atoms with Crippen molar-refractivity contribution in [2.24, 2.45) is 17.8 Å². The summed E-state index contributed by atoms with van der Waals surface area (Å²) >= 11 is 6.47. The standard InChI is InChI=1S/C35H46ClN5O6/c1-21-7-8-29(16-30(21)36)41(33(43)26-9-13-39(14-10-26)25(5)42)12-6-11-38-17-27-19-40(20-28(27)18-38)34(44)32-22(2)15-31(37-23(32)3)47-24(4)35(45)46/h7-8,15-16,24,26-28H,6,9-14,17-20H2,1-5H3,(H,45,46). The predicted octanol–water partition coefficient (Wildman–Crippen LogP) is 4.20. The molecule has 47 heavy (non-hydrogen) atoms. The van der Waals surface area contributed by atoms with Gasteiger partial charge in [-0.1, -0.05) is 17.7 Å². The number of hydrogen-bond acceptors (Lipinski definition) is 7. The van der Waals surface area contributed by atoms with E-state index >= 15 is 0 Å². The minimum atomic E-state index is -1.08. The number of benzene rings is 1. The zero-order chi connectivity index (χ0) is 34.0. The van der Waals surface area contributed by atoms with Crippen molar-refractivity contribution < 1.29 is 29.0 Å². The van der Waals surface area contributed by atoms with E-state index in [1.165, 1.54) is 6.92 Å². The molecule has 1 N–H and O–H groups in total. The molecule has 3 fully saturated rings. The van der Waals surface area contributed by atoms with Crippen LogP contribution in [0.15, 0.2) is 24.3 Å². The highest BCUT2D eigenvalue weighted by Gasteiger charge is 2.42. The fraction of sp³-hybridized carbons (Fsp3) is 0.571. The molecule has 0 aliphatic carbocycles. The molecule has 0 radical (unpaired) electrons. The summed E-state index contributed by atoms with van der Waals surface area (Å²) in [7, 11) is 0. The van der Waals surface area contributed by atoms with Crippen LogP contribution in [0.3, 0.4) is 0 Å². The number of carbonyl (C=O) groups is 4. The van der Waals surface area contributed by atoms with Crippen LogP contribution in [0.2, 0.25) is 5.02 Å². The Morgan fingerprint density at radius 3 is 2.23 bits per heavy atom. The van der Waals surface area contributed by atoms with E-state index in [4.69, 9.17) is 21.4 Å². The summed E-state index contributed by atoms with van der Waals surface area (Å²) in [6.45, 7) is 14.3. The molecule has 5 rings (SSSR count). The molecule has 0 saturated carbocycles. The highest BCUT2D eigenvalue weighted by Crippen LogP contribution is 2.33. The summed E-state index contributed by atoms with van der Waals surface area (Å²) in [5.74, 6) is -0.146. The first-order chi connectivity index (χ1) is 22.3. The molecule has 12 heteroatoms. The molecular formula is C35H46ClN5O6. The number of piperidine rings is 1. The van der Waals surface area contributed by atoms with E-state index in [1.54, 1.807) is 19.9 Å². The van der Waals surface area contributed by atoms with Crippen LogP contribution in [0.25, 0.3) is 0 Å². The van der Waals surface area contributed by atoms with Crippen molar-refractivity contribution in [1.29, 1.82) is 0 Å². The zero-order valence-electron chi connectivity index (χ0n) is 28.0. The highest BCUT2D eigenvalue weighted by molar-refractivity contribution is 6.31. The molecule has 3 atom stereocenters. The van der Waals surface area contributed by atoms with Crippen LogP contribution in [-0.2, 0) is 14.4 Å². The maximum atomic E-state index is 13.8. The third-order valence-electron chi connectivity index (χ3n) is 9.96. The predicted molar refractivity (Wildman–Crippen MR) is 179 cm³/mol. The smallest absolute Gasteiger partial charge is 0.344 e. The van der Waals surface area contributed by atoms with Gasteiger partial charge in [0.05, 0.1) is 11.3 Å². The van der Waals surface area contributed by atoms with Crippen LogP contribution in [0.1, 0.15) is 60.3 Å². The normalized spacial score (nSPS) is 20.6. The molecule has 11 nitrogen and oxygen atoms in total. The van der Waals surface area contributed by atoms with Gasteiger partial charge in [-0.15, -0.1) is 0 Å².